The van der Waals surface area contributed by atoms with Gasteiger partial charge in [-0.25, -0.2) is 9.98 Å². The predicted octanol–water partition coefficient (Wildman–Crippen LogP) is 9.65. The van der Waals surface area contributed by atoms with Crippen LogP contribution in [0.5, 0.6) is 5.88 Å². The molecule has 0 unspecified atom stereocenters. The molecule has 3 aliphatic rings. The molecule has 1 N–H and O–H groups in total. The Bertz CT molecular complexity index is 1790. The molecule has 4 aromatic rings. The highest BCUT2D eigenvalue weighted by Gasteiger charge is 2.34. The molecule has 7 rings (SSSR count). The Morgan fingerprint density at radius 1 is 0.911 bits per heavy atom. The Labute approximate surface area is 273 Å². The van der Waals surface area contributed by atoms with E-state index in [-0.39, 0.29) is 0 Å². The highest BCUT2D eigenvalue weighted by atomic mass is 35.5. The van der Waals surface area contributed by atoms with E-state index in [1.165, 1.54) is 31.3 Å². The van der Waals surface area contributed by atoms with Gasteiger partial charge in [-0.15, -0.1) is 0 Å². The quantitative estimate of drug-likeness (QED) is 0.196. The van der Waals surface area contributed by atoms with Crippen molar-refractivity contribution in [2.75, 3.05) is 0 Å². The van der Waals surface area contributed by atoms with Gasteiger partial charge in [0.2, 0.25) is 11.8 Å². The van der Waals surface area contributed by atoms with Gasteiger partial charge in [0.25, 0.3) is 0 Å². The van der Waals surface area contributed by atoms with Crippen molar-refractivity contribution in [1.82, 2.24) is 15.0 Å². The molecule has 226 valence electrons. The normalized spacial score (nSPS) is 18.1. The molecule has 45 heavy (non-hydrogen) atoms. The van der Waals surface area contributed by atoms with Crippen LogP contribution in [0, 0.1) is 17.2 Å². The third-order valence-corrected chi connectivity index (χ3v) is 10.3. The molecule has 0 bridgehead atoms. The Hall–Kier alpha value is -4.12. The van der Waals surface area contributed by atoms with Gasteiger partial charge in [0, 0.05) is 52.3 Å². The first kappa shape index (κ1) is 29.6. The summed E-state index contributed by atoms with van der Waals surface area (Å²) in [5, 5.41) is 11.4. The van der Waals surface area contributed by atoms with E-state index in [2.05, 4.69) is 39.2 Å². The lowest BCUT2D eigenvalue weighted by molar-refractivity contribution is 0.533. The second kappa shape index (κ2) is 13.5. The van der Waals surface area contributed by atoms with Crippen LogP contribution >= 0.6 is 23.4 Å². The Morgan fingerprint density at radius 2 is 1.62 bits per heavy atom. The minimum Gasteiger partial charge on any atom is -0.421 e. The topological polar surface area (TPSA) is 87.0 Å². The van der Waals surface area contributed by atoms with Gasteiger partial charge in [-0.05, 0) is 91.1 Å². The summed E-state index contributed by atoms with van der Waals surface area (Å²) >= 11 is 7.98. The predicted molar refractivity (Wildman–Crippen MR) is 180 cm³/mol. The van der Waals surface area contributed by atoms with Crippen molar-refractivity contribution in [2.45, 2.75) is 68.6 Å². The van der Waals surface area contributed by atoms with Gasteiger partial charge in [0.05, 0.1) is 21.9 Å². The molecule has 6 nitrogen and oxygen atoms in total. The lowest BCUT2D eigenvalue weighted by atomic mass is 9.91. The fourth-order valence-corrected chi connectivity index (χ4v) is 8.01. The van der Waals surface area contributed by atoms with Crippen LogP contribution in [0.1, 0.15) is 85.5 Å². The molecule has 2 saturated carbocycles. The van der Waals surface area contributed by atoms with Crippen LogP contribution in [0.25, 0.3) is 4.91 Å². The van der Waals surface area contributed by atoms with E-state index in [0.29, 0.717) is 35.1 Å². The number of aliphatic imine (C=N–C) groups is 1. The summed E-state index contributed by atoms with van der Waals surface area (Å²) in [7, 11) is 0. The van der Waals surface area contributed by atoms with Gasteiger partial charge in [-0.2, -0.15) is 5.26 Å². The highest BCUT2D eigenvalue weighted by molar-refractivity contribution is 8.08. The van der Waals surface area contributed by atoms with Gasteiger partial charge in [0.15, 0.2) is 0 Å². The monoisotopic (exact) mass is 631 g/mol. The Morgan fingerprint density at radius 3 is 2.29 bits per heavy atom. The van der Waals surface area contributed by atoms with Crippen molar-refractivity contribution in [3.05, 3.63) is 124 Å². The SMILES string of the molecule is N#Cc1c(Cc2ccccn2)[nH]c(C(Sc2ccc(Cl)cc2)=C2N=C(Oc3ccccn3)C=C2C2CCCC2)c1C1CCCC1. The van der Waals surface area contributed by atoms with Gasteiger partial charge in [-0.1, -0.05) is 61.2 Å². The van der Waals surface area contributed by atoms with Gasteiger partial charge < -0.3 is 9.72 Å². The van der Waals surface area contributed by atoms with Crippen LogP contribution in [-0.2, 0) is 6.42 Å². The van der Waals surface area contributed by atoms with Crippen LogP contribution in [0.15, 0.2) is 100 Å². The number of hydrogen-bond acceptors (Lipinski definition) is 6. The average Bonchev–Trinajstić information content (AvgIpc) is 3.89. The smallest absolute Gasteiger partial charge is 0.222 e. The number of thioether (sulfide) groups is 1. The lowest BCUT2D eigenvalue weighted by Gasteiger charge is -2.19. The molecule has 0 amide bonds. The third kappa shape index (κ3) is 6.49. The van der Waals surface area contributed by atoms with Crippen molar-refractivity contribution in [3.63, 3.8) is 0 Å². The number of ether oxygens (including phenoxy) is 1. The summed E-state index contributed by atoms with van der Waals surface area (Å²) in [6.45, 7) is 0. The number of halogens is 1. The summed E-state index contributed by atoms with van der Waals surface area (Å²) in [6.07, 6.45) is 15.3. The zero-order valence-electron chi connectivity index (χ0n) is 25.0. The molecule has 1 aromatic carbocycles. The summed E-state index contributed by atoms with van der Waals surface area (Å²) < 4.78 is 6.24. The fraction of sp³-hybridized carbons (Fsp3) is 0.297. The minimum atomic E-state index is 0.304. The second-order valence-electron chi connectivity index (χ2n) is 11.9. The summed E-state index contributed by atoms with van der Waals surface area (Å²) in [5.74, 6) is 1.76. The molecule has 0 radical (unpaired) electrons. The number of benzene rings is 1. The molecule has 1 aliphatic heterocycles. The van der Waals surface area contributed by atoms with E-state index in [1.54, 1.807) is 18.0 Å². The van der Waals surface area contributed by atoms with E-state index in [0.717, 1.165) is 69.4 Å². The summed E-state index contributed by atoms with van der Waals surface area (Å²) in [4.78, 5) is 20.0. The molecular weight excluding hydrogens is 598 g/mol. The van der Waals surface area contributed by atoms with Crippen LogP contribution in [0.3, 0.4) is 0 Å². The van der Waals surface area contributed by atoms with Crippen LogP contribution in [-0.4, -0.2) is 20.8 Å². The van der Waals surface area contributed by atoms with Gasteiger partial charge in [0.1, 0.15) is 6.07 Å². The first-order valence-electron chi connectivity index (χ1n) is 15.8. The number of nitriles is 1. The van der Waals surface area contributed by atoms with Crippen molar-refractivity contribution in [3.8, 4) is 11.9 Å². The van der Waals surface area contributed by atoms with Crippen LogP contribution in [0.2, 0.25) is 5.02 Å². The molecule has 2 fully saturated rings. The van der Waals surface area contributed by atoms with Crippen molar-refractivity contribution < 1.29 is 4.74 Å². The molecule has 4 heterocycles. The van der Waals surface area contributed by atoms with Crippen LogP contribution < -0.4 is 4.74 Å². The van der Waals surface area contributed by atoms with Crippen molar-refractivity contribution in [2.24, 2.45) is 10.9 Å². The van der Waals surface area contributed by atoms with E-state index in [9.17, 15) is 5.26 Å². The first-order valence-corrected chi connectivity index (χ1v) is 17.0. The zero-order chi connectivity index (χ0) is 30.6. The highest BCUT2D eigenvalue weighted by Crippen LogP contribution is 2.49. The minimum absolute atomic E-state index is 0.304. The number of hydrogen-bond donors (Lipinski definition) is 1. The van der Waals surface area contributed by atoms with Gasteiger partial charge >= 0.3 is 0 Å². The number of nitrogens with zero attached hydrogens (tertiary/aromatic N) is 4. The number of nitrogens with one attached hydrogen (secondary N) is 1. The Kier molecular flexibility index (Phi) is 8.86. The second-order valence-corrected chi connectivity index (χ2v) is 13.4. The first-order chi connectivity index (χ1) is 22.2. The standard InChI is InChI=1S/C37H34ClN5OS/c38-26-15-17-28(18-16-26)45-37(35-29(24-9-1-2-10-24)22-33(43-35)44-32-14-6-8-20-41-32)36-34(25-11-3-4-12-25)30(23-39)31(42-36)21-27-13-5-7-19-40-27/h5-8,13-20,22,24-25,42H,1-4,9-12,21H2. The summed E-state index contributed by atoms with van der Waals surface area (Å²) in [5.41, 5.74) is 6.80. The van der Waals surface area contributed by atoms with Crippen molar-refractivity contribution >= 4 is 34.2 Å². The molecule has 0 saturated heterocycles. The largest absolute Gasteiger partial charge is 0.421 e. The maximum absolute atomic E-state index is 10.7. The molecule has 8 heteroatoms. The fourth-order valence-electron chi connectivity index (χ4n) is 6.86. The average molecular weight is 632 g/mol. The number of pyridine rings is 2. The lowest BCUT2D eigenvalue weighted by Crippen LogP contribution is -2.04. The number of allylic oxidation sites excluding steroid dienone is 1. The van der Waals surface area contributed by atoms with E-state index >= 15 is 0 Å². The molecule has 0 spiro atoms. The molecule has 3 aromatic heterocycles. The number of aromatic nitrogens is 3. The van der Waals surface area contributed by atoms with E-state index < -0.39 is 0 Å². The van der Waals surface area contributed by atoms with Crippen molar-refractivity contribution in [1.29, 1.82) is 5.26 Å². The summed E-state index contributed by atoms with van der Waals surface area (Å²) in [6, 6.07) is 22.1. The van der Waals surface area contributed by atoms with E-state index in [1.807, 2.05) is 54.7 Å². The Balaban J connectivity index is 1.43. The van der Waals surface area contributed by atoms with Gasteiger partial charge in [-0.3, -0.25) is 4.98 Å². The molecule has 2 aliphatic carbocycles. The number of rotatable bonds is 8. The van der Waals surface area contributed by atoms with E-state index in [4.69, 9.17) is 21.3 Å². The molecular formula is C37H34ClN5OS. The molecule has 0 atom stereocenters. The maximum Gasteiger partial charge on any atom is 0.222 e. The van der Waals surface area contributed by atoms with Crippen LogP contribution in [0.4, 0.5) is 0 Å². The maximum atomic E-state index is 10.7. The number of H-pyrrole nitrogens is 1. The third-order valence-electron chi connectivity index (χ3n) is 8.97. The zero-order valence-corrected chi connectivity index (χ0v) is 26.6. The number of aromatic amines is 1.